The molecule has 3 atom stereocenters. The number of thiazole rings is 1. The molecule has 1 aromatic heterocycles. The first-order chi connectivity index (χ1) is 6.79. The molecule has 0 aliphatic heterocycles. The zero-order valence-electron chi connectivity index (χ0n) is 8.65. The number of rotatable bonds is 2. The van der Waals surface area contributed by atoms with Gasteiger partial charge in [0.25, 0.3) is 0 Å². The fourth-order valence-corrected chi connectivity index (χ4v) is 3.09. The van der Waals surface area contributed by atoms with Crippen LogP contribution in [0.3, 0.4) is 0 Å². The van der Waals surface area contributed by atoms with Crippen LogP contribution in [-0.4, -0.2) is 4.98 Å². The van der Waals surface area contributed by atoms with E-state index in [4.69, 9.17) is 5.73 Å². The topological polar surface area (TPSA) is 38.9 Å². The molecule has 0 saturated heterocycles. The maximum atomic E-state index is 6.25. The maximum Gasteiger partial charge on any atom is 0.0795 e. The third-order valence-electron chi connectivity index (χ3n) is 3.43. The van der Waals surface area contributed by atoms with Crippen molar-refractivity contribution in [3.8, 4) is 0 Å². The molecule has 0 spiro atoms. The van der Waals surface area contributed by atoms with E-state index < -0.39 is 0 Å². The highest BCUT2D eigenvalue weighted by Crippen LogP contribution is 2.36. The van der Waals surface area contributed by atoms with Crippen molar-refractivity contribution in [1.82, 2.24) is 4.98 Å². The summed E-state index contributed by atoms with van der Waals surface area (Å²) >= 11 is 1.64. The average molecular weight is 210 g/mol. The molecule has 1 saturated carbocycles. The molecule has 3 unspecified atom stereocenters. The molecule has 78 valence electrons. The predicted molar refractivity (Wildman–Crippen MR) is 60.2 cm³/mol. The summed E-state index contributed by atoms with van der Waals surface area (Å²) in [6.07, 6.45) is 5.33. The van der Waals surface area contributed by atoms with E-state index in [1.165, 1.54) is 25.7 Å². The van der Waals surface area contributed by atoms with E-state index in [9.17, 15) is 0 Å². The second kappa shape index (κ2) is 4.41. The standard InChI is InChI=1S/C11H18N2S/c1-8-4-2-3-5-9(8)11(12)10-6-14-7-13-10/h6-9,11H,2-5,12H2,1H3. The molecule has 1 heterocycles. The van der Waals surface area contributed by atoms with Crippen molar-refractivity contribution in [2.75, 3.05) is 0 Å². The minimum Gasteiger partial charge on any atom is -0.322 e. The maximum absolute atomic E-state index is 6.25. The second-order valence-corrected chi connectivity index (χ2v) is 5.08. The summed E-state index contributed by atoms with van der Waals surface area (Å²) in [5, 5.41) is 2.09. The SMILES string of the molecule is CC1CCCCC1C(N)c1cscn1. The van der Waals surface area contributed by atoms with Crippen molar-refractivity contribution in [2.45, 2.75) is 38.6 Å². The Morgan fingerprint density at radius 1 is 1.50 bits per heavy atom. The monoisotopic (exact) mass is 210 g/mol. The molecule has 1 aromatic rings. The minimum atomic E-state index is 0.163. The van der Waals surface area contributed by atoms with E-state index in [0.29, 0.717) is 5.92 Å². The Kier molecular flexibility index (Phi) is 3.19. The Labute approximate surface area is 89.5 Å². The molecule has 2 nitrogen and oxygen atoms in total. The van der Waals surface area contributed by atoms with Gasteiger partial charge in [0.1, 0.15) is 0 Å². The van der Waals surface area contributed by atoms with Gasteiger partial charge in [-0.1, -0.05) is 26.2 Å². The first-order valence-electron chi connectivity index (χ1n) is 5.42. The van der Waals surface area contributed by atoms with Crippen LogP contribution in [0.2, 0.25) is 0 Å². The highest BCUT2D eigenvalue weighted by Gasteiger charge is 2.28. The van der Waals surface area contributed by atoms with Crippen LogP contribution in [-0.2, 0) is 0 Å². The van der Waals surface area contributed by atoms with Gasteiger partial charge in [0.2, 0.25) is 0 Å². The van der Waals surface area contributed by atoms with Crippen LogP contribution in [0.25, 0.3) is 0 Å². The number of aromatic nitrogens is 1. The fourth-order valence-electron chi connectivity index (χ4n) is 2.48. The lowest BCUT2D eigenvalue weighted by molar-refractivity contribution is 0.217. The zero-order valence-corrected chi connectivity index (χ0v) is 9.46. The third kappa shape index (κ3) is 1.98. The first-order valence-corrected chi connectivity index (χ1v) is 6.37. The lowest BCUT2D eigenvalue weighted by atomic mass is 9.76. The molecule has 0 amide bonds. The van der Waals surface area contributed by atoms with Gasteiger partial charge in [-0.2, -0.15) is 0 Å². The zero-order chi connectivity index (χ0) is 9.97. The van der Waals surface area contributed by atoms with Crippen molar-refractivity contribution >= 4 is 11.3 Å². The van der Waals surface area contributed by atoms with E-state index in [2.05, 4.69) is 17.3 Å². The molecule has 2 N–H and O–H groups in total. The lowest BCUT2D eigenvalue weighted by Gasteiger charge is -2.32. The number of nitrogens with zero attached hydrogens (tertiary/aromatic N) is 1. The van der Waals surface area contributed by atoms with Crippen LogP contribution >= 0.6 is 11.3 Å². The van der Waals surface area contributed by atoms with Gasteiger partial charge in [-0.3, -0.25) is 0 Å². The van der Waals surface area contributed by atoms with Crippen LogP contribution in [0, 0.1) is 11.8 Å². The van der Waals surface area contributed by atoms with Crippen LogP contribution < -0.4 is 5.73 Å². The molecule has 3 heteroatoms. The molecule has 2 rings (SSSR count). The van der Waals surface area contributed by atoms with Crippen LogP contribution in [0.5, 0.6) is 0 Å². The Morgan fingerprint density at radius 3 is 2.93 bits per heavy atom. The molecule has 14 heavy (non-hydrogen) atoms. The molecule has 1 aliphatic rings. The van der Waals surface area contributed by atoms with Crippen LogP contribution in [0.4, 0.5) is 0 Å². The molecule has 0 bridgehead atoms. The second-order valence-electron chi connectivity index (χ2n) is 4.36. The van der Waals surface area contributed by atoms with Crippen LogP contribution in [0.15, 0.2) is 10.9 Å². The van der Waals surface area contributed by atoms with E-state index in [0.717, 1.165) is 11.6 Å². The predicted octanol–water partition coefficient (Wildman–Crippen LogP) is 2.97. The highest BCUT2D eigenvalue weighted by molar-refractivity contribution is 7.07. The molecule has 1 aliphatic carbocycles. The van der Waals surface area contributed by atoms with E-state index in [-0.39, 0.29) is 6.04 Å². The number of hydrogen-bond acceptors (Lipinski definition) is 3. The van der Waals surface area contributed by atoms with Crippen LogP contribution in [0.1, 0.15) is 44.3 Å². The molecular weight excluding hydrogens is 192 g/mol. The summed E-state index contributed by atoms with van der Waals surface area (Å²) in [5.74, 6) is 1.41. The number of hydrogen-bond donors (Lipinski definition) is 1. The summed E-state index contributed by atoms with van der Waals surface area (Å²) in [7, 11) is 0. The Bertz CT molecular complexity index is 271. The van der Waals surface area contributed by atoms with Gasteiger partial charge < -0.3 is 5.73 Å². The van der Waals surface area contributed by atoms with Crippen molar-refractivity contribution < 1.29 is 0 Å². The van der Waals surface area contributed by atoms with Crippen molar-refractivity contribution in [3.05, 3.63) is 16.6 Å². The Morgan fingerprint density at radius 2 is 2.29 bits per heavy atom. The summed E-state index contributed by atoms with van der Waals surface area (Å²) < 4.78 is 0. The molecule has 0 aromatic carbocycles. The van der Waals surface area contributed by atoms with Crippen molar-refractivity contribution in [2.24, 2.45) is 17.6 Å². The van der Waals surface area contributed by atoms with E-state index in [1.54, 1.807) is 11.3 Å². The fraction of sp³-hybridized carbons (Fsp3) is 0.727. The highest BCUT2D eigenvalue weighted by atomic mass is 32.1. The first kappa shape index (κ1) is 10.1. The van der Waals surface area contributed by atoms with Gasteiger partial charge in [-0.05, 0) is 18.3 Å². The summed E-state index contributed by atoms with van der Waals surface area (Å²) in [6.45, 7) is 2.33. The van der Waals surface area contributed by atoms with Gasteiger partial charge in [0.15, 0.2) is 0 Å². The Hall–Kier alpha value is -0.410. The van der Waals surface area contributed by atoms with Gasteiger partial charge in [0, 0.05) is 5.38 Å². The van der Waals surface area contributed by atoms with Crippen molar-refractivity contribution in [3.63, 3.8) is 0 Å². The van der Waals surface area contributed by atoms with Gasteiger partial charge in [0.05, 0.1) is 17.2 Å². The van der Waals surface area contributed by atoms with E-state index in [1.807, 2.05) is 5.51 Å². The molecule has 0 radical (unpaired) electrons. The smallest absolute Gasteiger partial charge is 0.0795 e. The molecule has 1 fully saturated rings. The minimum absolute atomic E-state index is 0.163. The normalized spacial score (nSPS) is 30.1. The van der Waals surface area contributed by atoms with E-state index >= 15 is 0 Å². The summed E-state index contributed by atoms with van der Waals surface area (Å²) in [4.78, 5) is 4.32. The summed E-state index contributed by atoms with van der Waals surface area (Å²) in [5.41, 5.74) is 9.22. The van der Waals surface area contributed by atoms with Gasteiger partial charge in [-0.15, -0.1) is 11.3 Å². The lowest BCUT2D eigenvalue weighted by Crippen LogP contribution is -2.29. The van der Waals surface area contributed by atoms with Gasteiger partial charge >= 0.3 is 0 Å². The third-order valence-corrected chi connectivity index (χ3v) is 4.04. The largest absolute Gasteiger partial charge is 0.322 e. The van der Waals surface area contributed by atoms with Gasteiger partial charge in [-0.25, -0.2) is 4.98 Å². The Balaban J connectivity index is 2.06. The number of nitrogens with two attached hydrogens (primary N) is 1. The average Bonchev–Trinajstić information content (AvgIpc) is 2.70. The summed E-state index contributed by atoms with van der Waals surface area (Å²) in [6, 6.07) is 0.163. The van der Waals surface area contributed by atoms with Crippen molar-refractivity contribution in [1.29, 1.82) is 0 Å². The quantitative estimate of drug-likeness (QED) is 0.815. The molecular formula is C11H18N2S.